The lowest BCUT2D eigenvalue weighted by molar-refractivity contribution is 0.292. The van der Waals surface area contributed by atoms with E-state index >= 15 is 0 Å². The second kappa shape index (κ2) is 9.41. The van der Waals surface area contributed by atoms with Crippen molar-refractivity contribution in [2.24, 2.45) is 4.99 Å². The molecule has 0 saturated heterocycles. The fraction of sp³-hybridized carbons (Fsp3) is 0.500. The van der Waals surface area contributed by atoms with Gasteiger partial charge in [-0.3, -0.25) is 9.89 Å². The van der Waals surface area contributed by atoms with Gasteiger partial charge in [0.25, 0.3) is 0 Å². The monoisotopic (exact) mass is 351 g/mol. The summed E-state index contributed by atoms with van der Waals surface area (Å²) >= 11 is -1.48. The second-order valence-corrected chi connectivity index (χ2v) is 6.25. The van der Waals surface area contributed by atoms with Crippen molar-refractivity contribution in [3.63, 3.8) is 0 Å². The summed E-state index contributed by atoms with van der Waals surface area (Å²) in [5, 5.41) is 0. The average Bonchev–Trinajstić information content (AvgIpc) is 2.90. The highest BCUT2D eigenvalue weighted by Gasteiger charge is 2.04. The van der Waals surface area contributed by atoms with Crippen molar-refractivity contribution in [2.75, 3.05) is 32.0 Å². The molecule has 0 saturated carbocycles. The molecule has 2 aromatic rings. The van der Waals surface area contributed by atoms with Gasteiger partial charge >= 0.3 is 0 Å². The number of hydrogen-bond acceptors (Lipinski definition) is 6. The highest BCUT2D eigenvalue weighted by molar-refractivity contribution is 7.13. The van der Waals surface area contributed by atoms with E-state index in [2.05, 4.69) is 44.6 Å². The molecular formula is C16H25N5O2S. The minimum absolute atomic E-state index is 0.193. The summed E-state index contributed by atoms with van der Waals surface area (Å²) in [5.74, 6) is 1.06. The van der Waals surface area contributed by atoms with Crippen LogP contribution in [0.4, 0.5) is 5.82 Å². The van der Waals surface area contributed by atoms with E-state index in [9.17, 15) is 4.55 Å². The van der Waals surface area contributed by atoms with Gasteiger partial charge in [0.1, 0.15) is 5.75 Å². The normalized spacial score (nSPS) is 12.8. The molecule has 0 spiro atoms. The maximum atomic E-state index is 11.1. The van der Waals surface area contributed by atoms with Crippen molar-refractivity contribution in [1.29, 1.82) is 0 Å². The largest absolute Gasteiger partial charge is 0.548 e. The highest BCUT2D eigenvalue weighted by atomic mass is 32.2. The van der Waals surface area contributed by atoms with Gasteiger partial charge in [0.15, 0.2) is 11.1 Å². The summed E-state index contributed by atoms with van der Waals surface area (Å²) in [6, 6.07) is 8.18. The van der Waals surface area contributed by atoms with Gasteiger partial charge in [-0.05, 0) is 30.8 Å². The highest BCUT2D eigenvalue weighted by Crippen LogP contribution is 2.15. The van der Waals surface area contributed by atoms with Crippen LogP contribution in [-0.2, 0) is 6.54 Å². The number of aromatic nitrogens is 2. The molecule has 24 heavy (non-hydrogen) atoms. The van der Waals surface area contributed by atoms with Crippen molar-refractivity contribution < 1.29 is 9.29 Å². The Bertz CT molecular complexity index is 694. The van der Waals surface area contributed by atoms with Gasteiger partial charge in [-0.25, -0.2) is 0 Å². The number of nitrogen functional groups attached to an aromatic ring is 1. The van der Waals surface area contributed by atoms with Gasteiger partial charge in [-0.1, -0.05) is 26.0 Å². The van der Waals surface area contributed by atoms with E-state index in [4.69, 9.17) is 10.5 Å². The number of H-pyrrole nitrogens is 1. The van der Waals surface area contributed by atoms with Crippen LogP contribution in [0.25, 0.3) is 0 Å². The molecule has 132 valence electrons. The van der Waals surface area contributed by atoms with Crippen molar-refractivity contribution in [3.05, 3.63) is 35.3 Å². The molecule has 1 aromatic carbocycles. The lowest BCUT2D eigenvalue weighted by Gasteiger charge is -2.18. The van der Waals surface area contributed by atoms with Gasteiger partial charge < -0.3 is 15.0 Å². The molecule has 2 rings (SSSR count). The molecule has 1 aromatic heterocycles. The third kappa shape index (κ3) is 5.63. The summed E-state index contributed by atoms with van der Waals surface area (Å²) in [7, 11) is 0. The lowest BCUT2D eigenvalue weighted by Crippen LogP contribution is -2.22. The van der Waals surface area contributed by atoms with Crippen LogP contribution < -0.4 is 16.0 Å². The first kappa shape index (κ1) is 18.4. The summed E-state index contributed by atoms with van der Waals surface area (Å²) in [6.45, 7) is 8.43. The van der Waals surface area contributed by atoms with E-state index in [1.165, 1.54) is 5.56 Å². The first-order valence-corrected chi connectivity index (χ1v) is 9.24. The Morgan fingerprint density at radius 3 is 2.83 bits per heavy atom. The zero-order valence-electron chi connectivity index (χ0n) is 14.2. The number of ether oxygens (including phenoxy) is 1. The predicted octanol–water partition coefficient (Wildman–Crippen LogP) is 1.93. The van der Waals surface area contributed by atoms with Crippen LogP contribution >= 0.6 is 11.1 Å². The second-order valence-electron chi connectivity index (χ2n) is 5.37. The first-order chi connectivity index (χ1) is 11.6. The first-order valence-electron chi connectivity index (χ1n) is 8.14. The Balaban J connectivity index is 1.80. The van der Waals surface area contributed by atoms with E-state index in [0.29, 0.717) is 18.6 Å². The maximum Gasteiger partial charge on any atom is 0.229 e. The van der Waals surface area contributed by atoms with Gasteiger partial charge in [-0.15, -0.1) is 4.37 Å². The standard InChI is InChI=1S/C16H25N5O2S/c1-3-21(4-2)12-13-7-5-8-14(11-13)23-10-6-9-18-16-15(17)19-24(22)20-16/h5,7-8,11H,3-4,6,9-10,12H2,1-2H3,(H2,17,19)(H,18,20). The third-order valence-electron chi connectivity index (χ3n) is 3.65. The molecule has 0 aliphatic carbocycles. The summed E-state index contributed by atoms with van der Waals surface area (Å²) < 4.78 is 23.1. The van der Waals surface area contributed by atoms with E-state index < -0.39 is 11.1 Å². The average molecular weight is 351 g/mol. The van der Waals surface area contributed by atoms with Gasteiger partial charge in [0.05, 0.1) is 6.61 Å². The maximum absolute atomic E-state index is 11.1. The van der Waals surface area contributed by atoms with Crippen molar-refractivity contribution >= 4 is 17.0 Å². The molecule has 3 N–H and O–H groups in total. The van der Waals surface area contributed by atoms with E-state index in [1.807, 2.05) is 12.1 Å². The van der Waals surface area contributed by atoms with Crippen LogP contribution in [0.15, 0.2) is 29.3 Å². The Hall–Kier alpha value is -1.90. The van der Waals surface area contributed by atoms with Crippen LogP contribution in [0.5, 0.6) is 5.75 Å². The minimum atomic E-state index is -1.48. The molecule has 8 heteroatoms. The number of hydrogen-bond donors (Lipinski definition) is 2. The van der Waals surface area contributed by atoms with Crippen LogP contribution in [0.2, 0.25) is 0 Å². The Kier molecular flexibility index (Phi) is 7.23. The molecule has 0 radical (unpaired) electrons. The number of nitrogens with two attached hydrogens (primary N) is 1. The lowest BCUT2D eigenvalue weighted by atomic mass is 10.2. The van der Waals surface area contributed by atoms with Crippen LogP contribution in [0, 0.1) is 0 Å². The topological polar surface area (TPSA) is 103 Å². The summed E-state index contributed by atoms with van der Waals surface area (Å²) in [4.78, 5) is 6.60. The number of rotatable bonds is 9. The van der Waals surface area contributed by atoms with Gasteiger partial charge in [0.2, 0.25) is 11.3 Å². The Morgan fingerprint density at radius 1 is 1.38 bits per heavy atom. The molecule has 0 amide bonds. The summed E-state index contributed by atoms with van der Waals surface area (Å²) in [6.07, 6.45) is 0.741. The number of nitrogens with zero attached hydrogens (tertiary/aromatic N) is 3. The molecule has 1 unspecified atom stereocenters. The van der Waals surface area contributed by atoms with Crippen LogP contribution in [0.1, 0.15) is 25.8 Å². The van der Waals surface area contributed by atoms with Crippen molar-refractivity contribution in [3.8, 4) is 5.75 Å². The third-order valence-corrected chi connectivity index (χ3v) is 4.38. The van der Waals surface area contributed by atoms with E-state index in [0.717, 1.165) is 31.8 Å². The molecule has 0 fully saturated rings. The Labute approximate surface area is 145 Å². The zero-order valence-corrected chi connectivity index (χ0v) is 15.0. The smallest absolute Gasteiger partial charge is 0.229 e. The zero-order chi connectivity index (χ0) is 17.4. The quantitative estimate of drug-likeness (QED) is 0.531. The fourth-order valence-electron chi connectivity index (χ4n) is 2.29. The predicted molar refractivity (Wildman–Crippen MR) is 95.3 cm³/mol. The fourth-order valence-corrected chi connectivity index (χ4v) is 2.93. The molecule has 1 atom stereocenters. The molecule has 0 bridgehead atoms. The Morgan fingerprint density at radius 2 is 2.17 bits per heavy atom. The minimum Gasteiger partial charge on any atom is -0.548 e. The SMILES string of the molecule is CCN(CC)Cc1cccc(OCCCN=c2[nH][s+]([O-])nc2N)c1. The molecule has 0 aliphatic heterocycles. The number of aromatic amines is 1. The van der Waals surface area contributed by atoms with E-state index in [1.54, 1.807) is 0 Å². The van der Waals surface area contributed by atoms with Gasteiger partial charge in [0, 0.05) is 23.9 Å². The van der Waals surface area contributed by atoms with E-state index in [-0.39, 0.29) is 5.82 Å². The van der Waals surface area contributed by atoms with Crippen molar-refractivity contribution in [2.45, 2.75) is 26.8 Å². The summed E-state index contributed by atoms with van der Waals surface area (Å²) in [5.41, 5.74) is 7.23. The van der Waals surface area contributed by atoms with Crippen molar-refractivity contribution in [1.82, 2.24) is 13.6 Å². The molecule has 7 nitrogen and oxygen atoms in total. The molecular weight excluding hydrogens is 326 g/mol. The molecule has 1 heterocycles. The number of benzene rings is 1. The van der Waals surface area contributed by atoms with Crippen LogP contribution in [-0.4, -0.2) is 44.4 Å². The van der Waals surface area contributed by atoms with Crippen LogP contribution in [0.3, 0.4) is 0 Å². The molecule has 0 aliphatic rings. The number of anilines is 1. The van der Waals surface area contributed by atoms with Gasteiger partial charge in [-0.2, -0.15) is 0 Å². The number of nitrogens with one attached hydrogen (secondary N) is 1.